The van der Waals surface area contributed by atoms with Crippen LogP contribution in [0, 0.1) is 35.5 Å². The number of rotatable bonds is 11. The summed E-state index contributed by atoms with van der Waals surface area (Å²) in [5.74, 6) is -16.7. The van der Waals surface area contributed by atoms with Crippen molar-refractivity contribution in [2.45, 2.75) is 235 Å². The molecule has 6 rings (SSSR count). The second-order valence-corrected chi connectivity index (χ2v) is 29.5. The van der Waals surface area contributed by atoms with E-state index >= 15 is 28.0 Å². The van der Waals surface area contributed by atoms with E-state index in [0.717, 1.165) is 29.4 Å². The van der Waals surface area contributed by atoms with Gasteiger partial charge in [-0.3, -0.25) is 57.5 Å². The molecule has 5 fully saturated rings. The lowest BCUT2D eigenvalue weighted by molar-refractivity contribution is -0.219. The number of carbonyl (C=O) groups excluding carboxylic acids is 12. The predicted molar refractivity (Wildman–Crippen MR) is 359 cm³/mol. The summed E-state index contributed by atoms with van der Waals surface area (Å²) in [6.45, 7) is 3.90. The average molecular weight is 1460 g/mol. The summed E-state index contributed by atoms with van der Waals surface area (Å²) in [6.07, 6.45) is -12.0. The van der Waals surface area contributed by atoms with Crippen molar-refractivity contribution in [3.8, 4) is 0 Å². The maximum Gasteiger partial charge on any atom is 0.397 e. The number of halogens is 8. The second-order valence-electron chi connectivity index (χ2n) is 29.5. The first kappa shape index (κ1) is 83.8. The first-order valence-corrected chi connectivity index (χ1v) is 36.1. The molecular weight excluding hydrogens is 1350 g/mol. The van der Waals surface area contributed by atoms with Gasteiger partial charge in [0.1, 0.15) is 66.1 Å². The highest BCUT2D eigenvalue weighted by Crippen LogP contribution is 2.45. The average Bonchev–Trinajstić information content (AvgIpc) is 0.927. The topological polar surface area (TPSA) is 270 Å². The number of fused-ring (bicyclic) bond motifs is 2. The van der Waals surface area contributed by atoms with Crippen molar-refractivity contribution in [2.75, 3.05) is 89.1 Å². The zero-order valence-corrected chi connectivity index (χ0v) is 61.1. The zero-order chi connectivity index (χ0) is 76.2. The third-order valence-corrected chi connectivity index (χ3v) is 22.4. The van der Waals surface area contributed by atoms with Crippen molar-refractivity contribution >= 4 is 70.9 Å². The molecule has 12 amide bonds. The Morgan fingerprint density at radius 1 is 0.637 bits per heavy atom. The summed E-state index contributed by atoms with van der Waals surface area (Å²) in [4.78, 5) is 187. The molecule has 0 radical (unpaired) electrons. The molecule has 0 aromatic heterocycles. The van der Waals surface area contributed by atoms with Gasteiger partial charge in [0.15, 0.2) is 0 Å². The van der Waals surface area contributed by atoms with Crippen molar-refractivity contribution in [3.63, 3.8) is 0 Å². The Kier molecular flexibility index (Phi) is 29.6. The van der Waals surface area contributed by atoms with Crippen LogP contribution in [0.25, 0.3) is 0 Å². The van der Waals surface area contributed by atoms with E-state index in [1.165, 1.54) is 78.0 Å². The Morgan fingerprint density at radius 3 is 1.78 bits per heavy atom. The Morgan fingerprint density at radius 2 is 1.25 bits per heavy atom. The molecule has 1 spiro atoms. The fraction of sp³-hybridized carbons (Fsp3) is 0.800. The van der Waals surface area contributed by atoms with Crippen LogP contribution >= 0.6 is 0 Å². The number of carbonyl (C=O) groups is 12. The minimum atomic E-state index is -5.20. The van der Waals surface area contributed by atoms with Gasteiger partial charge in [0.25, 0.3) is 0 Å². The van der Waals surface area contributed by atoms with Gasteiger partial charge in [0, 0.05) is 69.5 Å². The molecule has 10 atom stereocenters. The molecule has 2 bridgehead atoms. The molecule has 1 saturated heterocycles. The van der Waals surface area contributed by atoms with Crippen LogP contribution in [0.4, 0.5) is 35.1 Å². The molecule has 2 unspecified atom stereocenters. The molecule has 4 aliphatic carbocycles. The molecular formula is C70H108F8N12O12. The molecule has 3 N–H and O–H groups in total. The first-order chi connectivity index (χ1) is 47.7. The number of amides is 12. The summed E-state index contributed by atoms with van der Waals surface area (Å²) in [6, 6.07) is -9.78. The third kappa shape index (κ3) is 20.4. The summed E-state index contributed by atoms with van der Waals surface area (Å²) in [5, 5.41) is 8.16. The smallest absolute Gasteiger partial charge is 0.347 e. The normalized spacial score (nSPS) is 31.1. The number of nitrogens with one attached hydrogen (secondary N) is 3. The monoisotopic (exact) mass is 1460 g/mol. The van der Waals surface area contributed by atoms with E-state index in [-0.39, 0.29) is 83.7 Å². The highest BCUT2D eigenvalue weighted by atomic mass is 19.4. The zero-order valence-electron chi connectivity index (χ0n) is 61.1. The van der Waals surface area contributed by atoms with E-state index in [1.807, 2.05) is 0 Å². The Bertz CT molecular complexity index is 3020. The van der Waals surface area contributed by atoms with E-state index in [9.17, 15) is 64.7 Å². The fourth-order valence-electron chi connectivity index (χ4n) is 15.6. The van der Waals surface area contributed by atoms with Gasteiger partial charge in [-0.1, -0.05) is 52.2 Å². The van der Waals surface area contributed by atoms with Gasteiger partial charge in [-0.15, -0.1) is 0 Å². The van der Waals surface area contributed by atoms with E-state index in [4.69, 9.17) is 0 Å². The predicted octanol–water partition coefficient (Wildman–Crippen LogP) is 5.56. The highest BCUT2D eigenvalue weighted by Gasteiger charge is 2.55. The van der Waals surface area contributed by atoms with Gasteiger partial charge in [0.05, 0.1) is 32.0 Å². The van der Waals surface area contributed by atoms with E-state index in [0.29, 0.717) is 38.5 Å². The summed E-state index contributed by atoms with van der Waals surface area (Å²) in [5.41, 5.74) is -1.64. The van der Waals surface area contributed by atoms with Gasteiger partial charge >= 0.3 is 12.4 Å². The molecule has 32 heteroatoms. The second kappa shape index (κ2) is 36.0. The lowest BCUT2D eigenvalue weighted by Crippen LogP contribution is -2.67. The van der Waals surface area contributed by atoms with Crippen LogP contribution in [0.15, 0.2) is 12.2 Å². The maximum absolute atomic E-state index is 15.3. The lowest BCUT2D eigenvalue weighted by Gasteiger charge is -2.46. The SMILES string of the molecule is CC[C@H](C)[C@@H]1NC(=O)[C@H](CC)N(C)C(=O)C[C@@H](C(=O)N(C)C)N(C)C(=O)[C@H](C2CCCC2)N(C)C(=O)C2(CCC2)NC(=O)CN(CC)C(=O)[C@H](CCC2CC(F)C(C(F)(F)F)C(F)C2)NC(=O)CN(C)C(=O)[C@H](CC2CCC(C(F)(F)F)CC2)N2CC/C=C\C[C@@H](C2=O)N(C)C(=O)CN(C)C1=O. The quantitative estimate of drug-likeness (QED) is 0.170. The van der Waals surface area contributed by atoms with Crippen LogP contribution in [0.1, 0.15) is 163 Å². The van der Waals surface area contributed by atoms with Crippen LogP contribution in [0.5, 0.6) is 0 Å². The summed E-state index contributed by atoms with van der Waals surface area (Å²) >= 11 is 0. The maximum atomic E-state index is 15.3. The van der Waals surface area contributed by atoms with E-state index < -0.39 is 224 Å². The molecule has 0 aromatic carbocycles. The minimum absolute atomic E-state index is 0.00187. The molecule has 576 valence electrons. The van der Waals surface area contributed by atoms with E-state index in [2.05, 4.69) is 16.0 Å². The molecule has 0 aromatic rings. The Hall–Kier alpha value is -7.18. The van der Waals surface area contributed by atoms with Gasteiger partial charge in [-0.25, -0.2) is 8.78 Å². The number of hydrogen-bond donors (Lipinski definition) is 3. The van der Waals surface area contributed by atoms with Crippen LogP contribution in [0.2, 0.25) is 0 Å². The molecule has 24 nitrogen and oxygen atoms in total. The van der Waals surface area contributed by atoms with E-state index in [1.54, 1.807) is 32.9 Å². The molecule has 2 aliphatic heterocycles. The Balaban J connectivity index is 1.43. The van der Waals surface area contributed by atoms with Crippen molar-refractivity contribution in [2.24, 2.45) is 35.5 Å². The van der Waals surface area contributed by atoms with Crippen LogP contribution in [-0.2, 0) is 57.5 Å². The molecule has 2 heterocycles. The first-order valence-electron chi connectivity index (χ1n) is 36.1. The van der Waals surface area contributed by atoms with Crippen molar-refractivity contribution in [1.29, 1.82) is 0 Å². The number of hydrogen-bond acceptors (Lipinski definition) is 12. The fourth-order valence-corrected chi connectivity index (χ4v) is 15.6. The van der Waals surface area contributed by atoms with Crippen molar-refractivity contribution in [1.82, 2.24) is 60.0 Å². The van der Waals surface area contributed by atoms with Crippen LogP contribution in [0.3, 0.4) is 0 Å². The van der Waals surface area contributed by atoms with Crippen LogP contribution < -0.4 is 16.0 Å². The lowest BCUT2D eigenvalue weighted by atomic mass is 9.75. The standard InChI is InChI=1S/C70H108F8N12O12/c1-13-41(4)58-65(100)84(8)40-56(94)86(10)50-24-17-16-20-33-90(64(50)99)52(36-42-25-28-45(29-26-42)69(73,74)75)63(98)83(7)38-53(91)79-48(30-27-43-34-46(71)57(47(72)35-43)70(76,77)78)61(96)89(15-3)39-54(92)81-68(31-21-32-68)67(102)88(12)59(44-22-18-19-23-44)66(101)87(11)51(62(97)82(5)6)37-55(93)85(9)49(14-2)60(95)80-58/h16-17,41-52,57-59H,13-15,18-40H2,1-12H3,(H,79,91)(H,80,95)(H,81,92)/b17-16-/t41-,42?,43?,45?,46?,47?,48-,49-,50-,51-,52-,57?,58-,59-/m0/s1. The number of nitrogens with zero attached hydrogens (tertiary/aromatic N) is 9. The van der Waals surface area contributed by atoms with Gasteiger partial charge < -0.3 is 60.0 Å². The number of likely N-dealkylation sites (N-methyl/N-ethyl adjacent to an activating group) is 8. The Labute approximate surface area is 593 Å². The summed E-state index contributed by atoms with van der Waals surface area (Å²) < 4.78 is 114. The van der Waals surface area contributed by atoms with Crippen molar-refractivity contribution in [3.05, 3.63) is 12.2 Å². The van der Waals surface area contributed by atoms with Crippen molar-refractivity contribution < 1.29 is 92.7 Å². The van der Waals surface area contributed by atoms with Gasteiger partial charge in [-0.05, 0) is 140 Å². The highest BCUT2D eigenvalue weighted by molar-refractivity contribution is 6.00. The van der Waals surface area contributed by atoms with Gasteiger partial charge in [0.2, 0.25) is 70.9 Å². The molecule has 102 heavy (non-hydrogen) atoms. The largest absolute Gasteiger partial charge is 0.397 e. The summed E-state index contributed by atoms with van der Waals surface area (Å²) in [7, 11) is 10.8. The van der Waals surface area contributed by atoms with Gasteiger partial charge in [-0.2, -0.15) is 26.3 Å². The number of alkyl halides is 8. The van der Waals surface area contributed by atoms with Crippen LogP contribution in [-0.4, -0.2) is 277 Å². The minimum Gasteiger partial charge on any atom is -0.347 e. The molecule has 6 aliphatic rings. The third-order valence-electron chi connectivity index (χ3n) is 22.4. The molecule has 4 saturated carbocycles.